The largest absolute Gasteiger partial charge is 0.351 e. The predicted molar refractivity (Wildman–Crippen MR) is 68.6 cm³/mol. The highest BCUT2D eigenvalue weighted by Crippen LogP contribution is 2.06. The number of halogens is 1. The van der Waals surface area contributed by atoms with Gasteiger partial charge in [-0.15, -0.1) is 0 Å². The Morgan fingerprint density at radius 1 is 1.39 bits per heavy atom. The Kier molecular flexibility index (Phi) is 6.64. The quantitative estimate of drug-likeness (QED) is 0.770. The molecule has 1 aromatic rings. The highest BCUT2D eigenvalue weighted by molar-refractivity contribution is 6.30. The van der Waals surface area contributed by atoms with Crippen LogP contribution in [0.15, 0.2) is 18.3 Å². The Morgan fingerprint density at radius 2 is 2.06 bits per heavy atom. The third-order valence-electron chi connectivity index (χ3n) is 2.09. The molecule has 18 heavy (non-hydrogen) atoms. The summed E-state index contributed by atoms with van der Waals surface area (Å²) in [7, 11) is 0. The van der Waals surface area contributed by atoms with Gasteiger partial charge in [-0.1, -0.05) is 11.6 Å². The molecule has 0 saturated heterocycles. The average Bonchev–Trinajstić information content (AvgIpc) is 2.37. The predicted octanol–water partition coefficient (Wildman–Crippen LogP) is 1.86. The minimum atomic E-state index is -0.434. The fourth-order valence-electron chi connectivity index (χ4n) is 1.31. The van der Waals surface area contributed by atoms with Crippen LogP contribution in [0.4, 0.5) is 0 Å². The van der Waals surface area contributed by atoms with Crippen molar-refractivity contribution in [2.75, 3.05) is 19.8 Å². The third kappa shape index (κ3) is 5.00. The summed E-state index contributed by atoms with van der Waals surface area (Å²) in [6.45, 7) is 5.08. The number of rotatable bonds is 7. The van der Waals surface area contributed by atoms with Crippen molar-refractivity contribution >= 4 is 17.5 Å². The van der Waals surface area contributed by atoms with Gasteiger partial charge in [0.15, 0.2) is 6.29 Å². The lowest BCUT2D eigenvalue weighted by atomic mass is 10.3. The van der Waals surface area contributed by atoms with Gasteiger partial charge >= 0.3 is 0 Å². The summed E-state index contributed by atoms with van der Waals surface area (Å²) >= 11 is 5.69. The summed E-state index contributed by atoms with van der Waals surface area (Å²) in [6.07, 6.45) is 0.996. The second kappa shape index (κ2) is 8.02. The molecule has 1 N–H and O–H groups in total. The number of carbonyl (C=O) groups is 1. The van der Waals surface area contributed by atoms with Gasteiger partial charge in [-0.2, -0.15) is 0 Å². The van der Waals surface area contributed by atoms with E-state index in [1.54, 1.807) is 12.1 Å². The van der Waals surface area contributed by atoms with E-state index in [2.05, 4.69) is 10.3 Å². The molecule has 6 heteroatoms. The zero-order valence-corrected chi connectivity index (χ0v) is 11.2. The summed E-state index contributed by atoms with van der Waals surface area (Å²) in [4.78, 5) is 15.7. The van der Waals surface area contributed by atoms with Crippen LogP contribution in [0, 0.1) is 0 Å². The summed E-state index contributed by atoms with van der Waals surface area (Å²) in [5, 5.41) is 3.19. The number of ether oxygens (including phenoxy) is 2. The molecule has 5 nitrogen and oxygen atoms in total. The molecule has 0 bridgehead atoms. The van der Waals surface area contributed by atoms with Crippen LogP contribution < -0.4 is 5.32 Å². The lowest BCUT2D eigenvalue weighted by Crippen LogP contribution is -2.35. The Labute approximate surface area is 111 Å². The van der Waals surface area contributed by atoms with E-state index in [1.165, 1.54) is 6.20 Å². The molecule has 100 valence electrons. The van der Waals surface area contributed by atoms with Crippen molar-refractivity contribution < 1.29 is 14.3 Å². The number of aromatic nitrogens is 1. The first kappa shape index (κ1) is 14.9. The fraction of sp³-hybridized carbons (Fsp3) is 0.500. The minimum absolute atomic E-state index is 0.281. The topological polar surface area (TPSA) is 60.5 Å². The van der Waals surface area contributed by atoms with Gasteiger partial charge in [0.05, 0.1) is 11.6 Å². The van der Waals surface area contributed by atoms with Crippen LogP contribution in [0.25, 0.3) is 0 Å². The van der Waals surface area contributed by atoms with Gasteiger partial charge in [-0.05, 0) is 26.0 Å². The van der Waals surface area contributed by atoms with Gasteiger partial charge in [0.25, 0.3) is 5.91 Å². The number of hydrogen-bond donors (Lipinski definition) is 1. The monoisotopic (exact) mass is 272 g/mol. The number of nitrogens with zero attached hydrogens (tertiary/aromatic N) is 1. The van der Waals surface area contributed by atoms with Gasteiger partial charge in [-0.3, -0.25) is 4.79 Å². The fourth-order valence-corrected chi connectivity index (χ4v) is 1.43. The second-order valence-corrected chi connectivity index (χ2v) is 3.85. The van der Waals surface area contributed by atoms with E-state index in [1.807, 2.05) is 13.8 Å². The van der Waals surface area contributed by atoms with Crippen LogP contribution in [0.5, 0.6) is 0 Å². The molecular formula is C12H17ClN2O3. The minimum Gasteiger partial charge on any atom is -0.351 e. The maximum Gasteiger partial charge on any atom is 0.270 e. The van der Waals surface area contributed by atoms with Crippen LogP contribution >= 0.6 is 11.6 Å². The summed E-state index contributed by atoms with van der Waals surface area (Å²) in [5.41, 5.74) is 0.311. The maximum atomic E-state index is 11.7. The summed E-state index contributed by atoms with van der Waals surface area (Å²) < 4.78 is 10.6. The Balaban J connectivity index is 2.46. The van der Waals surface area contributed by atoms with Crippen LogP contribution in [-0.2, 0) is 9.47 Å². The Hall–Kier alpha value is -1.17. The highest BCUT2D eigenvalue weighted by Gasteiger charge is 2.12. The molecule has 1 amide bonds. The van der Waals surface area contributed by atoms with E-state index in [0.29, 0.717) is 23.9 Å². The number of amides is 1. The van der Waals surface area contributed by atoms with Crippen molar-refractivity contribution in [3.8, 4) is 0 Å². The van der Waals surface area contributed by atoms with Crippen LogP contribution in [0.3, 0.4) is 0 Å². The first-order valence-corrected chi connectivity index (χ1v) is 6.18. The zero-order valence-electron chi connectivity index (χ0n) is 10.5. The molecule has 0 saturated carbocycles. The third-order valence-corrected chi connectivity index (χ3v) is 2.32. The first-order valence-electron chi connectivity index (χ1n) is 5.80. The lowest BCUT2D eigenvalue weighted by molar-refractivity contribution is -0.131. The van der Waals surface area contributed by atoms with E-state index in [4.69, 9.17) is 21.1 Å². The van der Waals surface area contributed by atoms with E-state index >= 15 is 0 Å². The van der Waals surface area contributed by atoms with Crippen molar-refractivity contribution in [2.45, 2.75) is 20.1 Å². The van der Waals surface area contributed by atoms with Crippen molar-refractivity contribution in [1.82, 2.24) is 10.3 Å². The van der Waals surface area contributed by atoms with Gasteiger partial charge in [0.2, 0.25) is 0 Å². The maximum absolute atomic E-state index is 11.7. The van der Waals surface area contributed by atoms with Gasteiger partial charge in [0, 0.05) is 19.4 Å². The highest BCUT2D eigenvalue weighted by atomic mass is 35.5. The normalized spacial score (nSPS) is 10.7. The van der Waals surface area contributed by atoms with Crippen molar-refractivity contribution in [3.63, 3.8) is 0 Å². The number of nitrogens with one attached hydrogen (secondary N) is 1. The number of carbonyl (C=O) groups excluding carboxylic acids is 1. The van der Waals surface area contributed by atoms with Gasteiger partial charge < -0.3 is 14.8 Å². The molecule has 1 aromatic heterocycles. The van der Waals surface area contributed by atoms with Crippen LogP contribution in [0.2, 0.25) is 5.02 Å². The molecule has 0 radical (unpaired) electrons. The van der Waals surface area contributed by atoms with Gasteiger partial charge in [0.1, 0.15) is 5.69 Å². The molecule has 0 spiro atoms. The molecule has 0 aliphatic rings. The molecule has 1 heterocycles. The standard InChI is InChI=1S/C12H17ClN2O3/c1-3-17-11(18-4-2)8-15-12(16)10-6-5-9(13)7-14-10/h5-7,11H,3-4,8H2,1-2H3,(H,15,16). The van der Waals surface area contributed by atoms with Crippen LogP contribution in [-0.4, -0.2) is 36.9 Å². The Bertz CT molecular complexity index is 364. The smallest absolute Gasteiger partial charge is 0.270 e. The number of hydrogen-bond acceptors (Lipinski definition) is 4. The molecule has 0 aliphatic heterocycles. The average molecular weight is 273 g/mol. The first-order chi connectivity index (χ1) is 8.67. The summed E-state index contributed by atoms with van der Waals surface area (Å²) in [6, 6.07) is 3.18. The van der Waals surface area contributed by atoms with E-state index in [0.717, 1.165) is 0 Å². The lowest BCUT2D eigenvalue weighted by Gasteiger charge is -2.17. The number of pyridine rings is 1. The summed E-state index contributed by atoms with van der Waals surface area (Å²) in [5.74, 6) is -0.281. The molecule has 0 aliphatic carbocycles. The van der Waals surface area contributed by atoms with Crippen molar-refractivity contribution in [2.24, 2.45) is 0 Å². The molecule has 0 atom stereocenters. The molecule has 0 aromatic carbocycles. The van der Waals surface area contributed by atoms with E-state index in [-0.39, 0.29) is 12.5 Å². The van der Waals surface area contributed by atoms with E-state index in [9.17, 15) is 4.79 Å². The molecule has 0 unspecified atom stereocenters. The SMILES string of the molecule is CCOC(CNC(=O)c1ccc(Cl)cn1)OCC. The molecule has 0 fully saturated rings. The van der Waals surface area contributed by atoms with Crippen molar-refractivity contribution in [1.29, 1.82) is 0 Å². The van der Waals surface area contributed by atoms with Gasteiger partial charge in [-0.25, -0.2) is 4.98 Å². The second-order valence-electron chi connectivity index (χ2n) is 3.41. The zero-order chi connectivity index (χ0) is 13.4. The van der Waals surface area contributed by atoms with Crippen LogP contribution in [0.1, 0.15) is 24.3 Å². The van der Waals surface area contributed by atoms with E-state index < -0.39 is 6.29 Å². The molecular weight excluding hydrogens is 256 g/mol. The molecule has 1 rings (SSSR count). The van der Waals surface area contributed by atoms with Crippen molar-refractivity contribution in [3.05, 3.63) is 29.0 Å². The Morgan fingerprint density at radius 3 is 2.56 bits per heavy atom.